The fourth-order valence-corrected chi connectivity index (χ4v) is 1.80. The molecule has 0 unspecified atom stereocenters. The first-order chi connectivity index (χ1) is 7.95. The molecule has 17 heavy (non-hydrogen) atoms. The Balaban J connectivity index is 3.06. The van der Waals surface area contributed by atoms with Gasteiger partial charge in [0.15, 0.2) is 17.3 Å². The van der Waals surface area contributed by atoms with E-state index in [1.807, 2.05) is 0 Å². The van der Waals surface area contributed by atoms with Crippen molar-refractivity contribution >= 4 is 16.6 Å². The number of Topliss-reactive ketones (excluding diaryl/α,β-unsaturated/α-hetero) is 1. The zero-order chi connectivity index (χ0) is 12.7. The van der Waals surface area contributed by atoms with E-state index in [1.165, 1.54) is 18.2 Å². The SMILES string of the molecule is CC(=O)c1c(O)c(O)c2c(O)cccc2c1O. The molecule has 0 atom stereocenters. The van der Waals surface area contributed by atoms with Gasteiger partial charge in [0.05, 0.1) is 5.39 Å². The summed E-state index contributed by atoms with van der Waals surface area (Å²) in [5.74, 6) is -2.69. The summed E-state index contributed by atoms with van der Waals surface area (Å²) in [6.07, 6.45) is 0. The first-order valence-electron chi connectivity index (χ1n) is 4.84. The Labute approximate surface area is 96.2 Å². The fraction of sp³-hybridized carbons (Fsp3) is 0.0833. The van der Waals surface area contributed by atoms with Gasteiger partial charge in [0.1, 0.15) is 17.1 Å². The monoisotopic (exact) mass is 234 g/mol. The average molecular weight is 234 g/mol. The zero-order valence-corrected chi connectivity index (χ0v) is 8.93. The Hall–Kier alpha value is -2.43. The van der Waals surface area contributed by atoms with Crippen LogP contribution in [0.4, 0.5) is 0 Å². The van der Waals surface area contributed by atoms with Gasteiger partial charge < -0.3 is 20.4 Å². The maximum absolute atomic E-state index is 11.3. The van der Waals surface area contributed by atoms with Gasteiger partial charge in [-0.2, -0.15) is 0 Å². The summed E-state index contributed by atoms with van der Waals surface area (Å²) in [5, 5.41) is 38.8. The van der Waals surface area contributed by atoms with Crippen LogP contribution >= 0.6 is 0 Å². The predicted molar refractivity (Wildman–Crippen MR) is 60.6 cm³/mol. The van der Waals surface area contributed by atoms with Crippen LogP contribution in [0, 0.1) is 0 Å². The fourth-order valence-electron chi connectivity index (χ4n) is 1.80. The van der Waals surface area contributed by atoms with Crippen LogP contribution in [0.5, 0.6) is 23.0 Å². The molecule has 5 heteroatoms. The number of phenols is 4. The van der Waals surface area contributed by atoms with E-state index in [9.17, 15) is 25.2 Å². The van der Waals surface area contributed by atoms with Crippen LogP contribution in [0.2, 0.25) is 0 Å². The summed E-state index contributed by atoms with van der Waals surface area (Å²) in [5.41, 5.74) is -0.361. The molecule has 0 saturated carbocycles. The van der Waals surface area contributed by atoms with Gasteiger partial charge in [-0.25, -0.2) is 0 Å². The predicted octanol–water partition coefficient (Wildman–Crippen LogP) is 1.86. The minimum atomic E-state index is -0.732. The van der Waals surface area contributed by atoms with Crippen molar-refractivity contribution in [3.63, 3.8) is 0 Å². The van der Waals surface area contributed by atoms with Gasteiger partial charge in [-0.15, -0.1) is 0 Å². The first kappa shape index (κ1) is 11.1. The molecule has 5 nitrogen and oxygen atoms in total. The number of carbonyl (C=O) groups is 1. The molecular weight excluding hydrogens is 224 g/mol. The van der Waals surface area contributed by atoms with Crippen molar-refractivity contribution in [2.75, 3.05) is 0 Å². The number of hydrogen-bond acceptors (Lipinski definition) is 5. The Kier molecular flexibility index (Phi) is 2.31. The highest BCUT2D eigenvalue weighted by atomic mass is 16.3. The molecule has 0 aromatic heterocycles. The van der Waals surface area contributed by atoms with Crippen LogP contribution in [0.3, 0.4) is 0 Å². The van der Waals surface area contributed by atoms with Crippen molar-refractivity contribution in [1.29, 1.82) is 0 Å². The maximum Gasteiger partial charge on any atom is 0.173 e. The van der Waals surface area contributed by atoms with E-state index in [4.69, 9.17) is 0 Å². The first-order valence-corrected chi connectivity index (χ1v) is 4.84. The molecule has 88 valence electrons. The number of fused-ring (bicyclic) bond motifs is 1. The Morgan fingerprint density at radius 2 is 1.65 bits per heavy atom. The van der Waals surface area contributed by atoms with Crippen molar-refractivity contribution in [3.05, 3.63) is 23.8 Å². The van der Waals surface area contributed by atoms with Gasteiger partial charge in [0.2, 0.25) is 0 Å². The van der Waals surface area contributed by atoms with E-state index in [0.717, 1.165) is 6.92 Å². The van der Waals surface area contributed by atoms with Gasteiger partial charge >= 0.3 is 0 Å². The van der Waals surface area contributed by atoms with Gasteiger partial charge in [0.25, 0.3) is 0 Å². The second-order valence-corrected chi connectivity index (χ2v) is 3.68. The van der Waals surface area contributed by atoms with Gasteiger partial charge in [-0.1, -0.05) is 12.1 Å². The van der Waals surface area contributed by atoms with Crippen molar-refractivity contribution in [2.24, 2.45) is 0 Å². The number of carbonyl (C=O) groups excluding carboxylic acids is 1. The summed E-state index contributed by atoms with van der Waals surface area (Å²) >= 11 is 0. The van der Waals surface area contributed by atoms with Gasteiger partial charge in [-0.3, -0.25) is 4.79 Å². The molecule has 0 radical (unpaired) electrons. The maximum atomic E-state index is 11.3. The largest absolute Gasteiger partial charge is 0.507 e. The van der Waals surface area contributed by atoms with Crippen LogP contribution in [-0.2, 0) is 0 Å². The number of rotatable bonds is 1. The molecule has 0 amide bonds. The van der Waals surface area contributed by atoms with Gasteiger partial charge in [-0.05, 0) is 13.0 Å². The Bertz CT molecular complexity index is 631. The smallest absolute Gasteiger partial charge is 0.173 e. The molecule has 0 spiro atoms. The summed E-state index contributed by atoms with van der Waals surface area (Å²) in [6.45, 7) is 1.16. The highest BCUT2D eigenvalue weighted by Crippen LogP contribution is 2.47. The Morgan fingerprint density at radius 3 is 2.24 bits per heavy atom. The minimum Gasteiger partial charge on any atom is -0.507 e. The summed E-state index contributed by atoms with van der Waals surface area (Å²) < 4.78 is 0. The topological polar surface area (TPSA) is 98.0 Å². The molecule has 0 aliphatic carbocycles. The number of hydrogen-bond donors (Lipinski definition) is 4. The van der Waals surface area contributed by atoms with Crippen molar-refractivity contribution in [2.45, 2.75) is 6.92 Å². The third-order valence-electron chi connectivity index (χ3n) is 2.58. The normalized spacial score (nSPS) is 10.6. The van der Waals surface area contributed by atoms with Crippen LogP contribution in [0.15, 0.2) is 18.2 Å². The number of aromatic hydroxyl groups is 4. The summed E-state index contributed by atoms with van der Waals surface area (Å²) in [4.78, 5) is 11.3. The van der Waals surface area contributed by atoms with E-state index >= 15 is 0 Å². The summed E-state index contributed by atoms with van der Waals surface area (Å²) in [6, 6.07) is 4.18. The lowest BCUT2D eigenvalue weighted by atomic mass is 10.00. The quantitative estimate of drug-likeness (QED) is 0.343. The zero-order valence-electron chi connectivity index (χ0n) is 8.93. The van der Waals surface area contributed by atoms with Crippen LogP contribution in [0.25, 0.3) is 10.8 Å². The van der Waals surface area contributed by atoms with Gasteiger partial charge in [0, 0.05) is 5.39 Å². The third-order valence-corrected chi connectivity index (χ3v) is 2.58. The number of ketones is 1. The number of phenolic OH excluding ortho intramolecular Hbond substituents is 4. The van der Waals surface area contributed by atoms with Crippen molar-refractivity contribution in [3.8, 4) is 23.0 Å². The minimum absolute atomic E-state index is 0.0903. The standard InChI is InChI=1S/C12H10O5/c1-5(13)8-10(15)6-3-2-4-7(14)9(6)12(17)11(8)16/h2-4,14-17H,1H3. The lowest BCUT2D eigenvalue weighted by Crippen LogP contribution is -1.95. The second-order valence-electron chi connectivity index (χ2n) is 3.68. The summed E-state index contributed by atoms with van der Waals surface area (Å²) in [7, 11) is 0. The van der Waals surface area contributed by atoms with Crippen LogP contribution in [-0.4, -0.2) is 26.2 Å². The molecule has 0 saturated heterocycles. The van der Waals surface area contributed by atoms with E-state index in [-0.39, 0.29) is 22.1 Å². The highest BCUT2D eigenvalue weighted by molar-refractivity contribution is 6.10. The Morgan fingerprint density at radius 1 is 1.00 bits per heavy atom. The van der Waals surface area contributed by atoms with Crippen molar-refractivity contribution < 1.29 is 25.2 Å². The van der Waals surface area contributed by atoms with E-state index in [2.05, 4.69) is 0 Å². The lowest BCUT2D eigenvalue weighted by Gasteiger charge is -2.11. The van der Waals surface area contributed by atoms with Crippen LogP contribution < -0.4 is 0 Å². The molecule has 0 fully saturated rings. The van der Waals surface area contributed by atoms with Crippen LogP contribution in [0.1, 0.15) is 17.3 Å². The number of benzene rings is 2. The van der Waals surface area contributed by atoms with E-state index in [1.54, 1.807) is 0 Å². The van der Waals surface area contributed by atoms with E-state index < -0.39 is 23.0 Å². The molecule has 2 aromatic carbocycles. The molecular formula is C12H10O5. The highest BCUT2D eigenvalue weighted by Gasteiger charge is 2.22. The lowest BCUT2D eigenvalue weighted by molar-refractivity contribution is 0.101. The van der Waals surface area contributed by atoms with E-state index in [0.29, 0.717) is 0 Å². The average Bonchev–Trinajstić information content (AvgIpc) is 2.25. The molecule has 2 rings (SSSR count). The molecule has 0 aliphatic rings. The molecule has 0 aliphatic heterocycles. The second kappa shape index (κ2) is 3.55. The molecule has 4 N–H and O–H groups in total. The third kappa shape index (κ3) is 1.44. The molecule has 0 bridgehead atoms. The molecule has 0 heterocycles. The van der Waals surface area contributed by atoms with Crippen molar-refractivity contribution in [1.82, 2.24) is 0 Å². The molecule has 2 aromatic rings.